The van der Waals surface area contributed by atoms with Crippen molar-refractivity contribution in [3.05, 3.63) is 82.9 Å². The molecule has 3 aromatic rings. The lowest BCUT2D eigenvalue weighted by Gasteiger charge is -2.34. The Kier molecular flexibility index (Phi) is 9.17. The van der Waals surface area contributed by atoms with E-state index in [-0.39, 0.29) is 23.9 Å². The Labute approximate surface area is 236 Å². The second-order valence-electron chi connectivity index (χ2n) is 10.9. The van der Waals surface area contributed by atoms with E-state index in [9.17, 15) is 9.59 Å². The second kappa shape index (κ2) is 12.9. The molecule has 0 aliphatic carbocycles. The van der Waals surface area contributed by atoms with Gasteiger partial charge in [0.1, 0.15) is 0 Å². The molecule has 2 fully saturated rings. The number of nitrogens with one attached hydrogen (secondary N) is 3. The monoisotopic (exact) mass is 546 g/mol. The minimum Gasteiger partial charge on any atom is -0.350 e. The predicted molar refractivity (Wildman–Crippen MR) is 158 cm³/mol. The van der Waals surface area contributed by atoms with E-state index in [4.69, 9.17) is 11.6 Å². The highest BCUT2D eigenvalue weighted by atomic mass is 35.5. The molecule has 3 atom stereocenters. The molecule has 7 heteroatoms. The molecule has 2 aliphatic heterocycles. The number of halogens is 1. The number of fused-ring (bicyclic) bond motifs is 1. The second-order valence-corrected chi connectivity index (χ2v) is 11.4. The maximum Gasteiger partial charge on any atom is 0.251 e. The van der Waals surface area contributed by atoms with Crippen molar-refractivity contribution >= 4 is 34.2 Å². The molecule has 3 N–H and O–H groups in total. The van der Waals surface area contributed by atoms with Gasteiger partial charge in [0, 0.05) is 42.2 Å². The van der Waals surface area contributed by atoms with Crippen molar-refractivity contribution < 1.29 is 9.59 Å². The van der Waals surface area contributed by atoms with Gasteiger partial charge < -0.3 is 20.9 Å². The van der Waals surface area contributed by atoms with Crippen LogP contribution in [-0.2, 0) is 4.79 Å². The summed E-state index contributed by atoms with van der Waals surface area (Å²) in [4.78, 5) is 29.1. The largest absolute Gasteiger partial charge is 0.350 e. The van der Waals surface area contributed by atoms with E-state index in [1.54, 1.807) is 0 Å². The summed E-state index contributed by atoms with van der Waals surface area (Å²) in [6.45, 7) is 5.97. The van der Waals surface area contributed by atoms with Crippen LogP contribution in [0.25, 0.3) is 10.8 Å². The highest BCUT2D eigenvalue weighted by Gasteiger charge is 2.37. The van der Waals surface area contributed by atoms with Crippen LogP contribution < -0.4 is 16.0 Å². The Morgan fingerprint density at radius 2 is 1.77 bits per heavy atom. The molecule has 206 valence electrons. The molecule has 3 aromatic carbocycles. The van der Waals surface area contributed by atoms with Gasteiger partial charge in [-0.1, -0.05) is 61.0 Å². The summed E-state index contributed by atoms with van der Waals surface area (Å²) < 4.78 is 0. The Hall–Kier alpha value is -2.93. The van der Waals surface area contributed by atoms with E-state index in [0.29, 0.717) is 35.5 Å². The van der Waals surface area contributed by atoms with E-state index >= 15 is 0 Å². The van der Waals surface area contributed by atoms with Crippen LogP contribution in [0.15, 0.2) is 66.7 Å². The fraction of sp³-hybridized carbons (Fsp3) is 0.438. The molecule has 0 bridgehead atoms. The van der Waals surface area contributed by atoms with Crippen LogP contribution in [0.5, 0.6) is 0 Å². The molecule has 6 nitrogen and oxygen atoms in total. The van der Waals surface area contributed by atoms with Crippen LogP contribution in [0.1, 0.15) is 54.4 Å². The van der Waals surface area contributed by atoms with Gasteiger partial charge in [-0.05, 0) is 85.3 Å². The molecule has 2 aliphatic rings. The third-order valence-electron chi connectivity index (χ3n) is 8.37. The van der Waals surface area contributed by atoms with Crippen molar-refractivity contribution in [2.75, 3.05) is 32.7 Å². The van der Waals surface area contributed by atoms with Crippen LogP contribution in [0.3, 0.4) is 0 Å². The molecule has 0 saturated carbocycles. The fourth-order valence-corrected chi connectivity index (χ4v) is 6.20. The topological polar surface area (TPSA) is 73.5 Å². The first kappa shape index (κ1) is 27.6. The molecule has 0 unspecified atom stereocenters. The molecule has 0 spiro atoms. The number of hydrogen-bond acceptors (Lipinski definition) is 4. The van der Waals surface area contributed by atoms with Gasteiger partial charge >= 0.3 is 0 Å². The first-order chi connectivity index (χ1) is 19.0. The average Bonchev–Trinajstić information content (AvgIpc) is 3.13. The molecule has 2 heterocycles. The summed E-state index contributed by atoms with van der Waals surface area (Å²) in [5.74, 6) is 0.706. The fourth-order valence-electron chi connectivity index (χ4n) is 6.02. The van der Waals surface area contributed by atoms with Gasteiger partial charge in [-0.25, -0.2) is 0 Å². The van der Waals surface area contributed by atoms with Crippen LogP contribution in [0, 0.1) is 5.92 Å². The highest BCUT2D eigenvalue weighted by molar-refractivity contribution is 6.31. The van der Waals surface area contributed by atoms with Crippen molar-refractivity contribution in [2.24, 2.45) is 5.92 Å². The van der Waals surface area contributed by atoms with Gasteiger partial charge in [-0.3, -0.25) is 9.59 Å². The van der Waals surface area contributed by atoms with Crippen LogP contribution >= 0.6 is 11.6 Å². The Morgan fingerprint density at radius 3 is 2.54 bits per heavy atom. The minimum absolute atomic E-state index is 0.0267. The first-order valence-corrected chi connectivity index (χ1v) is 14.7. The van der Waals surface area contributed by atoms with Crippen molar-refractivity contribution in [1.82, 2.24) is 20.9 Å². The van der Waals surface area contributed by atoms with E-state index in [1.807, 2.05) is 42.5 Å². The van der Waals surface area contributed by atoms with E-state index in [2.05, 4.69) is 52.0 Å². The molecule has 39 heavy (non-hydrogen) atoms. The number of carbonyl (C=O) groups is 2. The summed E-state index contributed by atoms with van der Waals surface area (Å²) in [6.07, 6.45) is 3.74. The SMILES string of the molecule is CC[C@H](CN1CC[C@@H](CNC(=O)c2ccc3cc(Cl)ccc3c2)N[C@@H](C2CCNCC2)C1=O)c1ccccc1. The lowest BCUT2D eigenvalue weighted by molar-refractivity contribution is -0.134. The summed E-state index contributed by atoms with van der Waals surface area (Å²) in [7, 11) is 0. The van der Waals surface area contributed by atoms with Crippen molar-refractivity contribution in [3.63, 3.8) is 0 Å². The number of nitrogens with zero attached hydrogens (tertiary/aromatic N) is 1. The summed E-state index contributed by atoms with van der Waals surface area (Å²) in [5.41, 5.74) is 1.91. The molecule has 2 saturated heterocycles. The van der Waals surface area contributed by atoms with Gasteiger partial charge in [0.05, 0.1) is 6.04 Å². The number of piperidine rings is 1. The zero-order chi connectivity index (χ0) is 27.2. The lowest BCUT2D eigenvalue weighted by atomic mass is 9.88. The predicted octanol–water partition coefficient (Wildman–Crippen LogP) is 4.98. The number of amides is 2. The minimum atomic E-state index is -0.227. The lowest BCUT2D eigenvalue weighted by Crippen LogP contribution is -2.54. The quantitative estimate of drug-likeness (QED) is 0.373. The smallest absolute Gasteiger partial charge is 0.251 e. The van der Waals surface area contributed by atoms with Gasteiger partial charge in [-0.2, -0.15) is 0 Å². The normalized spacial score (nSPS) is 21.5. The molecule has 0 aromatic heterocycles. The number of hydrogen-bond donors (Lipinski definition) is 3. The molecule has 0 radical (unpaired) electrons. The zero-order valence-corrected chi connectivity index (χ0v) is 23.4. The summed E-state index contributed by atoms with van der Waals surface area (Å²) in [5, 5.41) is 12.9. The van der Waals surface area contributed by atoms with Gasteiger partial charge in [0.25, 0.3) is 5.91 Å². The number of benzene rings is 3. The Morgan fingerprint density at radius 1 is 1.03 bits per heavy atom. The van der Waals surface area contributed by atoms with E-state index in [0.717, 1.165) is 56.1 Å². The molecular weight excluding hydrogens is 508 g/mol. The van der Waals surface area contributed by atoms with Crippen LogP contribution in [0.2, 0.25) is 5.02 Å². The molecule has 2 amide bonds. The third-order valence-corrected chi connectivity index (χ3v) is 8.61. The first-order valence-electron chi connectivity index (χ1n) is 14.3. The highest BCUT2D eigenvalue weighted by Crippen LogP contribution is 2.26. The Balaban J connectivity index is 1.28. The maximum atomic E-state index is 13.9. The van der Waals surface area contributed by atoms with Crippen molar-refractivity contribution in [1.29, 1.82) is 0 Å². The zero-order valence-electron chi connectivity index (χ0n) is 22.7. The van der Waals surface area contributed by atoms with E-state index < -0.39 is 0 Å². The van der Waals surface area contributed by atoms with Crippen LogP contribution in [-0.4, -0.2) is 61.5 Å². The number of rotatable bonds is 8. The van der Waals surface area contributed by atoms with Gasteiger partial charge in [-0.15, -0.1) is 0 Å². The van der Waals surface area contributed by atoms with Crippen LogP contribution in [0.4, 0.5) is 0 Å². The number of carbonyl (C=O) groups excluding carboxylic acids is 2. The summed E-state index contributed by atoms with van der Waals surface area (Å²) in [6, 6.07) is 21.7. The standard InChI is InChI=1S/C32H39ClN4O2/c1-2-22(23-6-4-3-5-7-23)21-37-17-14-29(36-30(32(37)39)24-12-15-34-16-13-24)20-35-31(38)27-9-8-26-19-28(33)11-10-25(26)18-27/h3-11,18-19,22,24,29-30,34,36H,2,12-17,20-21H2,1H3,(H,35,38)/t22-,29+,30+/m1/s1. The van der Waals surface area contributed by atoms with Crippen molar-refractivity contribution in [2.45, 2.75) is 50.6 Å². The average molecular weight is 547 g/mol. The summed E-state index contributed by atoms with van der Waals surface area (Å²) >= 11 is 6.11. The van der Waals surface area contributed by atoms with Gasteiger partial charge in [0.15, 0.2) is 0 Å². The van der Waals surface area contributed by atoms with Crippen molar-refractivity contribution in [3.8, 4) is 0 Å². The third kappa shape index (κ3) is 6.81. The molecular formula is C32H39ClN4O2. The van der Waals surface area contributed by atoms with Gasteiger partial charge in [0.2, 0.25) is 5.91 Å². The molecule has 5 rings (SSSR count). The Bertz CT molecular complexity index is 1280. The maximum absolute atomic E-state index is 13.9. The van der Waals surface area contributed by atoms with E-state index in [1.165, 1.54) is 5.56 Å².